The Hall–Kier alpha value is -1.91. The summed E-state index contributed by atoms with van der Waals surface area (Å²) in [6.45, 7) is 1.87. The zero-order chi connectivity index (χ0) is 10.1. The van der Waals surface area contributed by atoms with E-state index in [9.17, 15) is 4.79 Å². The Morgan fingerprint density at radius 1 is 1.57 bits per heavy atom. The van der Waals surface area contributed by atoms with Crippen LogP contribution in [0.5, 0.6) is 0 Å². The molecule has 2 aromatic rings. The normalized spacial score (nSPS) is 10.6. The van der Waals surface area contributed by atoms with Crippen LogP contribution in [0.2, 0.25) is 0 Å². The van der Waals surface area contributed by atoms with E-state index in [0.717, 1.165) is 5.69 Å². The third-order valence-electron chi connectivity index (χ3n) is 1.84. The van der Waals surface area contributed by atoms with Gasteiger partial charge in [0.1, 0.15) is 0 Å². The molecule has 5 nitrogen and oxygen atoms in total. The van der Waals surface area contributed by atoms with Gasteiger partial charge < -0.3 is 5.11 Å². The molecule has 0 saturated carbocycles. The molecule has 0 aliphatic carbocycles. The molecule has 0 bridgehead atoms. The highest BCUT2D eigenvalue weighted by atomic mass is 16.4. The van der Waals surface area contributed by atoms with Crippen molar-refractivity contribution in [2.45, 2.75) is 13.3 Å². The first-order valence-electron chi connectivity index (χ1n) is 4.17. The van der Waals surface area contributed by atoms with E-state index in [1.807, 2.05) is 13.1 Å². The van der Waals surface area contributed by atoms with Gasteiger partial charge in [-0.1, -0.05) is 0 Å². The monoisotopic (exact) mass is 191 g/mol. The van der Waals surface area contributed by atoms with Crippen LogP contribution in [-0.4, -0.2) is 25.4 Å². The largest absolute Gasteiger partial charge is 0.481 e. The van der Waals surface area contributed by atoms with Crippen molar-refractivity contribution < 1.29 is 9.90 Å². The number of rotatable bonds is 2. The van der Waals surface area contributed by atoms with Crippen molar-refractivity contribution >= 4 is 11.7 Å². The first-order valence-corrected chi connectivity index (χ1v) is 4.17. The zero-order valence-corrected chi connectivity index (χ0v) is 7.64. The van der Waals surface area contributed by atoms with E-state index in [1.165, 1.54) is 6.20 Å². The number of carboxylic acid groups (broad SMARTS) is 1. The Balaban J connectivity index is 2.45. The molecule has 0 fully saturated rings. The van der Waals surface area contributed by atoms with Crippen molar-refractivity contribution in [1.82, 2.24) is 14.4 Å². The lowest BCUT2D eigenvalue weighted by molar-refractivity contribution is -0.136. The topological polar surface area (TPSA) is 67.5 Å². The summed E-state index contributed by atoms with van der Waals surface area (Å²) in [6, 6.07) is 0. The molecule has 0 aromatic carbocycles. The van der Waals surface area contributed by atoms with Crippen LogP contribution < -0.4 is 0 Å². The summed E-state index contributed by atoms with van der Waals surface area (Å²) in [5, 5.41) is 8.59. The molecule has 0 aliphatic rings. The number of fused-ring (bicyclic) bond motifs is 1. The number of carboxylic acids is 1. The van der Waals surface area contributed by atoms with Gasteiger partial charge in [0, 0.05) is 18.6 Å². The lowest BCUT2D eigenvalue weighted by atomic mass is 10.2. The van der Waals surface area contributed by atoms with E-state index >= 15 is 0 Å². The number of hydrogen-bond acceptors (Lipinski definition) is 3. The Labute approximate surface area is 80.0 Å². The predicted octanol–water partition coefficient (Wildman–Crippen LogP) is 0.665. The Morgan fingerprint density at radius 2 is 2.36 bits per heavy atom. The third kappa shape index (κ3) is 1.56. The Morgan fingerprint density at radius 3 is 3.07 bits per heavy atom. The summed E-state index contributed by atoms with van der Waals surface area (Å²) < 4.78 is 1.73. The van der Waals surface area contributed by atoms with Gasteiger partial charge in [0.15, 0.2) is 0 Å². The van der Waals surface area contributed by atoms with Crippen molar-refractivity contribution in [2.75, 3.05) is 0 Å². The molecule has 2 heterocycles. The minimum absolute atomic E-state index is 0.0137. The second kappa shape index (κ2) is 3.10. The van der Waals surface area contributed by atoms with Crippen LogP contribution in [0.4, 0.5) is 0 Å². The maximum Gasteiger partial charge on any atom is 0.307 e. The van der Waals surface area contributed by atoms with Crippen LogP contribution in [0.1, 0.15) is 11.3 Å². The molecule has 0 atom stereocenters. The molecule has 2 aromatic heterocycles. The van der Waals surface area contributed by atoms with E-state index in [-0.39, 0.29) is 6.42 Å². The van der Waals surface area contributed by atoms with E-state index in [2.05, 4.69) is 9.97 Å². The zero-order valence-electron chi connectivity index (χ0n) is 7.64. The SMILES string of the molecule is Cc1cn2cc(CC(=O)O)cnc2n1. The fraction of sp³-hybridized carbons (Fsp3) is 0.222. The number of imidazole rings is 1. The maximum atomic E-state index is 10.5. The third-order valence-corrected chi connectivity index (χ3v) is 1.84. The van der Waals surface area contributed by atoms with E-state index in [0.29, 0.717) is 11.3 Å². The van der Waals surface area contributed by atoms with Gasteiger partial charge >= 0.3 is 5.97 Å². The van der Waals surface area contributed by atoms with E-state index in [1.54, 1.807) is 10.6 Å². The van der Waals surface area contributed by atoms with Crippen molar-refractivity contribution in [1.29, 1.82) is 0 Å². The second-order valence-electron chi connectivity index (χ2n) is 3.12. The van der Waals surface area contributed by atoms with Crippen LogP contribution in [0.15, 0.2) is 18.6 Å². The fourth-order valence-electron chi connectivity index (χ4n) is 1.31. The molecule has 0 radical (unpaired) electrons. The molecule has 5 heteroatoms. The van der Waals surface area contributed by atoms with Gasteiger partial charge in [-0.15, -0.1) is 0 Å². The lowest BCUT2D eigenvalue weighted by Gasteiger charge is -1.96. The van der Waals surface area contributed by atoms with Crippen molar-refractivity contribution in [3.05, 3.63) is 29.8 Å². The fourth-order valence-corrected chi connectivity index (χ4v) is 1.31. The minimum Gasteiger partial charge on any atom is -0.481 e. The molecule has 2 rings (SSSR count). The van der Waals surface area contributed by atoms with Crippen LogP contribution in [0, 0.1) is 6.92 Å². The van der Waals surface area contributed by atoms with E-state index < -0.39 is 5.97 Å². The van der Waals surface area contributed by atoms with Gasteiger partial charge in [0.05, 0.1) is 12.1 Å². The lowest BCUT2D eigenvalue weighted by Crippen LogP contribution is -2.02. The summed E-state index contributed by atoms with van der Waals surface area (Å²) in [7, 11) is 0. The molecular formula is C9H9N3O2. The van der Waals surface area contributed by atoms with Gasteiger partial charge in [-0.3, -0.25) is 9.20 Å². The van der Waals surface area contributed by atoms with Gasteiger partial charge in [0.2, 0.25) is 5.78 Å². The first-order chi connectivity index (χ1) is 6.65. The van der Waals surface area contributed by atoms with Crippen LogP contribution in [0.25, 0.3) is 5.78 Å². The molecule has 0 amide bonds. The quantitative estimate of drug-likeness (QED) is 0.757. The highest BCUT2D eigenvalue weighted by molar-refractivity contribution is 5.69. The van der Waals surface area contributed by atoms with Crippen LogP contribution >= 0.6 is 0 Å². The van der Waals surface area contributed by atoms with Crippen LogP contribution in [0.3, 0.4) is 0 Å². The van der Waals surface area contributed by atoms with Gasteiger partial charge in [-0.05, 0) is 12.5 Å². The van der Waals surface area contributed by atoms with Crippen molar-refractivity contribution in [2.24, 2.45) is 0 Å². The predicted molar refractivity (Wildman–Crippen MR) is 49.1 cm³/mol. The van der Waals surface area contributed by atoms with Crippen LogP contribution in [-0.2, 0) is 11.2 Å². The summed E-state index contributed by atoms with van der Waals surface area (Å²) in [5.74, 6) is -0.264. The number of hydrogen-bond donors (Lipinski definition) is 1. The van der Waals surface area contributed by atoms with Gasteiger partial charge in [-0.25, -0.2) is 9.97 Å². The Kier molecular flexibility index (Phi) is 1.92. The average Bonchev–Trinajstić information content (AvgIpc) is 2.42. The van der Waals surface area contributed by atoms with Crippen molar-refractivity contribution in [3.63, 3.8) is 0 Å². The molecule has 0 spiro atoms. The number of carbonyl (C=O) groups is 1. The summed E-state index contributed by atoms with van der Waals surface area (Å²) >= 11 is 0. The summed E-state index contributed by atoms with van der Waals surface area (Å²) in [4.78, 5) is 18.6. The number of nitrogens with zero attached hydrogens (tertiary/aromatic N) is 3. The minimum atomic E-state index is -0.858. The molecule has 14 heavy (non-hydrogen) atoms. The second-order valence-corrected chi connectivity index (χ2v) is 3.12. The number of aromatic nitrogens is 3. The molecular weight excluding hydrogens is 182 g/mol. The molecule has 1 N–H and O–H groups in total. The molecule has 0 unspecified atom stereocenters. The maximum absolute atomic E-state index is 10.5. The summed E-state index contributed by atoms with van der Waals surface area (Å²) in [5.41, 5.74) is 1.53. The first kappa shape index (κ1) is 8.68. The summed E-state index contributed by atoms with van der Waals surface area (Å²) in [6.07, 6.45) is 5.07. The number of aryl methyl sites for hydroxylation is 1. The molecule has 72 valence electrons. The molecule has 0 aliphatic heterocycles. The van der Waals surface area contributed by atoms with Crippen molar-refractivity contribution in [3.8, 4) is 0 Å². The highest BCUT2D eigenvalue weighted by Gasteiger charge is 2.03. The van der Waals surface area contributed by atoms with Gasteiger partial charge in [-0.2, -0.15) is 0 Å². The average molecular weight is 191 g/mol. The van der Waals surface area contributed by atoms with E-state index in [4.69, 9.17) is 5.11 Å². The Bertz CT molecular complexity index is 490. The van der Waals surface area contributed by atoms with Gasteiger partial charge in [0.25, 0.3) is 0 Å². The smallest absolute Gasteiger partial charge is 0.307 e. The molecule has 0 saturated heterocycles. The highest BCUT2D eigenvalue weighted by Crippen LogP contribution is 2.04. The standard InChI is InChI=1S/C9H9N3O2/c1-6-4-12-5-7(2-8(13)14)3-10-9(12)11-6/h3-5H,2H2,1H3,(H,13,14). The number of aliphatic carboxylic acids is 1.